The van der Waals surface area contributed by atoms with Crippen molar-refractivity contribution in [3.63, 3.8) is 0 Å². The van der Waals surface area contributed by atoms with Gasteiger partial charge in [0.15, 0.2) is 0 Å². The molecule has 1 atom stereocenters. The zero-order chi connectivity index (χ0) is 31.1. The first-order valence-electron chi connectivity index (χ1n) is 13.0. The number of halogens is 5. The van der Waals surface area contributed by atoms with Crippen LogP contribution in [0.4, 0.5) is 18.9 Å². The second kappa shape index (κ2) is 14.4. The van der Waals surface area contributed by atoms with Crippen LogP contribution >= 0.6 is 27.5 Å². The number of hydrogen-bond donors (Lipinski definition) is 1. The average molecular weight is 689 g/mol. The Labute approximate surface area is 256 Å². The molecule has 0 saturated heterocycles. The van der Waals surface area contributed by atoms with Gasteiger partial charge in [0, 0.05) is 17.6 Å². The van der Waals surface area contributed by atoms with Gasteiger partial charge in [-0.3, -0.25) is 13.9 Å². The van der Waals surface area contributed by atoms with Crippen molar-refractivity contribution in [2.24, 2.45) is 0 Å². The molecule has 0 aliphatic rings. The molecular formula is C29H30BrClF3N3O4S. The van der Waals surface area contributed by atoms with E-state index < -0.39 is 56.9 Å². The number of alkyl halides is 3. The number of nitrogens with zero attached hydrogens (tertiary/aromatic N) is 2. The highest BCUT2D eigenvalue weighted by Gasteiger charge is 2.37. The van der Waals surface area contributed by atoms with Crippen LogP contribution in [0.2, 0.25) is 5.02 Å². The average Bonchev–Trinajstić information content (AvgIpc) is 2.95. The van der Waals surface area contributed by atoms with Crippen molar-refractivity contribution >= 4 is 55.1 Å². The first-order valence-corrected chi connectivity index (χ1v) is 15.6. The normalized spacial score (nSPS) is 12.5. The fraction of sp³-hybridized carbons (Fsp3) is 0.310. The van der Waals surface area contributed by atoms with Crippen LogP contribution in [0.15, 0.2) is 82.2 Å². The fourth-order valence-corrected chi connectivity index (χ4v) is 5.96. The van der Waals surface area contributed by atoms with E-state index in [1.165, 1.54) is 36.1 Å². The predicted octanol–water partition coefficient (Wildman–Crippen LogP) is 6.65. The van der Waals surface area contributed by atoms with Crippen molar-refractivity contribution < 1.29 is 31.2 Å². The minimum Gasteiger partial charge on any atom is -0.354 e. The third-order valence-electron chi connectivity index (χ3n) is 6.42. The molecule has 1 N–H and O–H groups in total. The monoisotopic (exact) mass is 687 g/mol. The Morgan fingerprint density at radius 2 is 1.67 bits per heavy atom. The maximum absolute atomic E-state index is 13.9. The maximum atomic E-state index is 13.9. The SMILES string of the molecule is CCCCNC(=O)C(C)N(Cc1ccc(Br)cc1)C(=O)CN(c1ccc(Cl)c(C(F)(F)F)c1)S(=O)(=O)c1ccccc1. The highest BCUT2D eigenvalue weighted by atomic mass is 79.9. The van der Waals surface area contributed by atoms with Gasteiger partial charge in [0.05, 0.1) is 21.2 Å². The molecule has 3 rings (SSSR count). The van der Waals surface area contributed by atoms with E-state index in [-0.39, 0.29) is 11.4 Å². The van der Waals surface area contributed by atoms with Gasteiger partial charge in [0.25, 0.3) is 10.0 Å². The number of unbranched alkanes of at least 4 members (excludes halogenated alkanes) is 1. The largest absolute Gasteiger partial charge is 0.417 e. The van der Waals surface area contributed by atoms with Gasteiger partial charge in [-0.2, -0.15) is 13.2 Å². The van der Waals surface area contributed by atoms with Crippen molar-refractivity contribution in [2.45, 2.75) is 50.3 Å². The van der Waals surface area contributed by atoms with Gasteiger partial charge in [-0.25, -0.2) is 8.42 Å². The van der Waals surface area contributed by atoms with E-state index in [0.29, 0.717) is 22.5 Å². The van der Waals surface area contributed by atoms with Crippen LogP contribution in [0.5, 0.6) is 0 Å². The van der Waals surface area contributed by atoms with Crippen LogP contribution < -0.4 is 9.62 Å². The number of hydrogen-bond acceptors (Lipinski definition) is 4. The maximum Gasteiger partial charge on any atom is 0.417 e. The summed E-state index contributed by atoms with van der Waals surface area (Å²) in [5, 5.41) is 2.15. The summed E-state index contributed by atoms with van der Waals surface area (Å²) in [6.07, 6.45) is -3.32. The minimum atomic E-state index is -4.88. The number of carbonyl (C=O) groups is 2. The Kier molecular flexibility index (Phi) is 11.4. The van der Waals surface area contributed by atoms with Crippen LogP contribution in [-0.2, 0) is 32.3 Å². The molecular weight excluding hydrogens is 659 g/mol. The Morgan fingerprint density at radius 3 is 2.26 bits per heavy atom. The van der Waals surface area contributed by atoms with Crippen molar-refractivity contribution in [3.05, 3.63) is 93.4 Å². The fourth-order valence-electron chi connectivity index (χ4n) is 4.04. The van der Waals surface area contributed by atoms with E-state index in [2.05, 4.69) is 21.2 Å². The number of nitrogens with one attached hydrogen (secondary N) is 1. The number of benzene rings is 3. The summed E-state index contributed by atoms with van der Waals surface area (Å²) in [6.45, 7) is 2.93. The van der Waals surface area contributed by atoms with Crippen molar-refractivity contribution in [2.75, 3.05) is 17.4 Å². The molecule has 226 valence electrons. The summed E-state index contributed by atoms with van der Waals surface area (Å²) >= 11 is 9.14. The summed E-state index contributed by atoms with van der Waals surface area (Å²) in [5.74, 6) is -1.24. The van der Waals surface area contributed by atoms with Crippen LogP contribution in [0.3, 0.4) is 0 Å². The van der Waals surface area contributed by atoms with E-state index >= 15 is 0 Å². The Hall–Kier alpha value is -3.09. The zero-order valence-corrected chi connectivity index (χ0v) is 26.0. The lowest BCUT2D eigenvalue weighted by molar-refractivity contribution is -0.139. The van der Waals surface area contributed by atoms with E-state index in [1.807, 2.05) is 6.92 Å². The number of sulfonamides is 1. The lowest BCUT2D eigenvalue weighted by atomic mass is 10.1. The molecule has 0 spiro atoms. The highest BCUT2D eigenvalue weighted by Crippen LogP contribution is 2.38. The number of amides is 2. The number of anilines is 1. The van der Waals surface area contributed by atoms with Gasteiger partial charge in [-0.15, -0.1) is 0 Å². The summed E-state index contributed by atoms with van der Waals surface area (Å²) < 4.78 is 70.1. The van der Waals surface area contributed by atoms with Gasteiger partial charge in [-0.1, -0.05) is 71.2 Å². The molecule has 0 aliphatic carbocycles. The number of rotatable bonds is 12. The molecule has 13 heteroatoms. The second-order valence-corrected chi connectivity index (χ2v) is 12.6. The molecule has 3 aromatic carbocycles. The van der Waals surface area contributed by atoms with Gasteiger partial charge in [0.1, 0.15) is 12.6 Å². The molecule has 42 heavy (non-hydrogen) atoms. The topological polar surface area (TPSA) is 86.8 Å². The molecule has 7 nitrogen and oxygen atoms in total. The summed E-state index contributed by atoms with van der Waals surface area (Å²) in [6, 6.07) is 15.6. The molecule has 0 aromatic heterocycles. The van der Waals surface area contributed by atoms with Crippen molar-refractivity contribution in [3.8, 4) is 0 Å². The second-order valence-electron chi connectivity index (χ2n) is 9.46. The minimum absolute atomic E-state index is 0.0535. The van der Waals surface area contributed by atoms with Crippen LogP contribution in [-0.4, -0.2) is 44.3 Å². The van der Waals surface area contributed by atoms with Crippen LogP contribution in [0.1, 0.15) is 37.8 Å². The molecule has 3 aromatic rings. The molecule has 0 saturated carbocycles. The molecule has 0 fully saturated rings. The Morgan fingerprint density at radius 1 is 1.02 bits per heavy atom. The van der Waals surface area contributed by atoms with Gasteiger partial charge in [-0.05, 0) is 61.4 Å². The first-order chi connectivity index (χ1) is 19.8. The molecule has 0 heterocycles. The van der Waals surface area contributed by atoms with E-state index in [4.69, 9.17) is 11.6 Å². The lowest BCUT2D eigenvalue weighted by Gasteiger charge is -2.32. The van der Waals surface area contributed by atoms with Crippen LogP contribution in [0.25, 0.3) is 0 Å². The van der Waals surface area contributed by atoms with Gasteiger partial charge in [0.2, 0.25) is 11.8 Å². The predicted molar refractivity (Wildman–Crippen MR) is 159 cm³/mol. The quantitative estimate of drug-likeness (QED) is 0.216. The Bertz CT molecular complexity index is 1490. The zero-order valence-electron chi connectivity index (χ0n) is 22.9. The smallest absolute Gasteiger partial charge is 0.354 e. The van der Waals surface area contributed by atoms with Gasteiger partial charge >= 0.3 is 6.18 Å². The van der Waals surface area contributed by atoms with E-state index in [9.17, 15) is 31.2 Å². The molecule has 2 amide bonds. The standard InChI is InChI=1S/C29H30BrClF3N3O4S/c1-3-4-16-35-28(39)20(2)36(18-21-10-12-22(30)13-11-21)27(38)19-37(42(40,41)24-8-6-5-7-9-24)23-14-15-26(31)25(17-23)29(32,33)34/h5-15,17,20H,3-4,16,18-19H2,1-2H3,(H,35,39). The summed E-state index contributed by atoms with van der Waals surface area (Å²) in [5.41, 5.74) is -1.01. The summed E-state index contributed by atoms with van der Waals surface area (Å²) in [4.78, 5) is 27.9. The molecule has 0 aliphatic heterocycles. The Balaban J connectivity index is 2.07. The lowest BCUT2D eigenvalue weighted by Crippen LogP contribution is -2.51. The molecule has 0 bridgehead atoms. The van der Waals surface area contributed by atoms with E-state index in [1.54, 1.807) is 30.3 Å². The summed E-state index contributed by atoms with van der Waals surface area (Å²) in [7, 11) is -4.53. The van der Waals surface area contributed by atoms with Crippen molar-refractivity contribution in [1.82, 2.24) is 10.2 Å². The van der Waals surface area contributed by atoms with E-state index in [0.717, 1.165) is 29.4 Å². The third kappa shape index (κ3) is 8.48. The third-order valence-corrected chi connectivity index (χ3v) is 9.06. The molecule has 0 radical (unpaired) electrons. The van der Waals surface area contributed by atoms with Crippen molar-refractivity contribution in [1.29, 1.82) is 0 Å². The highest BCUT2D eigenvalue weighted by molar-refractivity contribution is 9.10. The first kappa shape index (κ1) is 33.4. The van der Waals surface area contributed by atoms with Crippen LogP contribution in [0, 0.1) is 0 Å². The number of carbonyl (C=O) groups excluding carboxylic acids is 2. The van der Waals surface area contributed by atoms with Gasteiger partial charge < -0.3 is 10.2 Å². The molecule has 1 unspecified atom stereocenters.